The summed E-state index contributed by atoms with van der Waals surface area (Å²) in [7, 11) is 3.83. The van der Waals surface area contributed by atoms with Gasteiger partial charge in [0.05, 0.1) is 11.8 Å². The summed E-state index contributed by atoms with van der Waals surface area (Å²) in [5.74, 6) is 1.35. The monoisotopic (exact) mass is 345 g/mol. The van der Waals surface area contributed by atoms with E-state index in [2.05, 4.69) is 21.6 Å². The highest BCUT2D eigenvalue weighted by molar-refractivity contribution is 7.13. The first kappa shape index (κ1) is 15.8. The van der Waals surface area contributed by atoms with Crippen molar-refractivity contribution in [1.82, 2.24) is 14.6 Å². The molecule has 0 radical (unpaired) electrons. The van der Waals surface area contributed by atoms with Gasteiger partial charge in [0.25, 0.3) is 5.91 Å². The van der Waals surface area contributed by atoms with E-state index in [1.807, 2.05) is 18.2 Å². The van der Waals surface area contributed by atoms with Crippen LogP contribution in [0.4, 0.5) is 0 Å². The molecule has 2 aromatic rings. The van der Waals surface area contributed by atoms with E-state index in [0.29, 0.717) is 17.7 Å². The second-order valence-corrected chi connectivity index (χ2v) is 7.73. The lowest BCUT2D eigenvalue weighted by Gasteiger charge is -2.48. The largest absolute Gasteiger partial charge is 0.497 e. The predicted octanol–water partition coefficient (Wildman–Crippen LogP) is 2.91. The molecule has 1 saturated carbocycles. The van der Waals surface area contributed by atoms with E-state index in [-0.39, 0.29) is 11.9 Å². The number of fused-ring (bicyclic) bond motifs is 2. The van der Waals surface area contributed by atoms with Crippen LogP contribution in [0.15, 0.2) is 18.2 Å². The Morgan fingerprint density at radius 1 is 1.38 bits per heavy atom. The molecule has 1 saturated heterocycles. The summed E-state index contributed by atoms with van der Waals surface area (Å²) in [6, 6.07) is 6.66. The fourth-order valence-corrected chi connectivity index (χ4v) is 4.97. The van der Waals surface area contributed by atoms with Crippen LogP contribution >= 0.6 is 11.5 Å². The summed E-state index contributed by atoms with van der Waals surface area (Å²) in [5.41, 5.74) is 0.547. The molecule has 3 unspecified atom stereocenters. The summed E-state index contributed by atoms with van der Waals surface area (Å²) in [6.07, 6.45) is 4.79. The molecule has 1 aromatic heterocycles. The maximum atomic E-state index is 12.8. The standard InChI is InChI=1S/C18H23N3O2S/c1-21-10-13-14(5-3-4-6-15(13)21)19-18(22)17-12-8-7-11(23-2)9-16(12)24-20-17/h7-9,13-15H,3-6,10H2,1-2H3,(H,19,22). The van der Waals surface area contributed by atoms with Gasteiger partial charge in [-0.3, -0.25) is 4.79 Å². The minimum absolute atomic E-state index is 0.0355. The van der Waals surface area contributed by atoms with Gasteiger partial charge in [-0.25, -0.2) is 0 Å². The number of ether oxygens (including phenoxy) is 1. The van der Waals surface area contributed by atoms with Crippen LogP contribution in [0.5, 0.6) is 5.75 Å². The van der Waals surface area contributed by atoms with Crippen LogP contribution < -0.4 is 10.1 Å². The fraction of sp³-hybridized carbons (Fsp3) is 0.556. The molecule has 1 N–H and O–H groups in total. The van der Waals surface area contributed by atoms with Gasteiger partial charge < -0.3 is 15.0 Å². The molecule has 1 aromatic carbocycles. The number of nitrogens with one attached hydrogen (secondary N) is 1. The third kappa shape index (κ3) is 2.67. The van der Waals surface area contributed by atoms with E-state index >= 15 is 0 Å². The molecule has 1 amide bonds. The van der Waals surface area contributed by atoms with Crippen LogP contribution in [0.25, 0.3) is 10.1 Å². The van der Waals surface area contributed by atoms with Gasteiger partial charge in [-0.2, -0.15) is 4.37 Å². The van der Waals surface area contributed by atoms with Crippen molar-refractivity contribution in [1.29, 1.82) is 0 Å². The number of methoxy groups -OCH3 is 1. The van der Waals surface area contributed by atoms with E-state index in [1.54, 1.807) is 7.11 Å². The van der Waals surface area contributed by atoms with Gasteiger partial charge >= 0.3 is 0 Å². The van der Waals surface area contributed by atoms with Crippen molar-refractivity contribution < 1.29 is 9.53 Å². The smallest absolute Gasteiger partial charge is 0.271 e. The summed E-state index contributed by atoms with van der Waals surface area (Å²) in [4.78, 5) is 15.2. The maximum Gasteiger partial charge on any atom is 0.271 e. The van der Waals surface area contributed by atoms with E-state index in [9.17, 15) is 4.79 Å². The predicted molar refractivity (Wildman–Crippen MR) is 95.8 cm³/mol. The molecule has 1 aliphatic carbocycles. The molecule has 4 rings (SSSR count). The highest BCUT2D eigenvalue weighted by atomic mass is 32.1. The van der Waals surface area contributed by atoms with Gasteiger partial charge in [0.15, 0.2) is 0 Å². The van der Waals surface area contributed by atoms with Gasteiger partial charge in [0.1, 0.15) is 11.4 Å². The third-order valence-electron chi connectivity index (χ3n) is 5.55. The Labute approximate surface area is 146 Å². The molecule has 24 heavy (non-hydrogen) atoms. The van der Waals surface area contributed by atoms with E-state index in [4.69, 9.17) is 4.74 Å². The summed E-state index contributed by atoms with van der Waals surface area (Å²) < 4.78 is 10.6. The molecular weight excluding hydrogens is 322 g/mol. The summed E-state index contributed by atoms with van der Waals surface area (Å²) in [5, 5.41) is 4.19. The Hall–Kier alpha value is -1.66. The van der Waals surface area contributed by atoms with Crippen LogP contribution in [0.1, 0.15) is 36.2 Å². The van der Waals surface area contributed by atoms with Gasteiger partial charge in [-0.05, 0) is 49.6 Å². The fourth-order valence-electron chi connectivity index (χ4n) is 4.16. The number of benzene rings is 1. The second kappa shape index (κ2) is 6.33. The summed E-state index contributed by atoms with van der Waals surface area (Å²) >= 11 is 1.35. The topological polar surface area (TPSA) is 54.5 Å². The second-order valence-electron chi connectivity index (χ2n) is 6.93. The van der Waals surface area contributed by atoms with E-state index in [0.717, 1.165) is 28.8 Å². The Balaban J connectivity index is 1.53. The number of nitrogens with zero attached hydrogens (tertiary/aromatic N) is 2. The minimum Gasteiger partial charge on any atom is -0.497 e. The number of carbonyl (C=O) groups excluding carboxylic acids is 1. The molecular formula is C18H23N3O2S. The van der Waals surface area contributed by atoms with Crippen molar-refractivity contribution in [3.8, 4) is 5.75 Å². The highest BCUT2D eigenvalue weighted by Gasteiger charge is 2.42. The minimum atomic E-state index is -0.0355. The quantitative estimate of drug-likeness (QED) is 0.929. The van der Waals surface area contributed by atoms with Crippen molar-refractivity contribution in [3.63, 3.8) is 0 Å². The first-order valence-corrected chi connectivity index (χ1v) is 9.39. The zero-order chi connectivity index (χ0) is 16.7. The van der Waals surface area contributed by atoms with Crippen LogP contribution in [0.2, 0.25) is 0 Å². The molecule has 3 atom stereocenters. The zero-order valence-electron chi connectivity index (χ0n) is 14.1. The molecule has 2 heterocycles. The van der Waals surface area contributed by atoms with Crippen LogP contribution in [-0.4, -0.2) is 48.0 Å². The average molecular weight is 345 g/mol. The number of amides is 1. The van der Waals surface area contributed by atoms with Crippen molar-refractivity contribution in [2.75, 3.05) is 20.7 Å². The lowest BCUT2D eigenvalue weighted by molar-refractivity contribution is 0.0174. The number of hydrogen-bond acceptors (Lipinski definition) is 5. The highest BCUT2D eigenvalue weighted by Crippen LogP contribution is 2.35. The first-order valence-electron chi connectivity index (χ1n) is 8.62. The Morgan fingerprint density at radius 2 is 2.21 bits per heavy atom. The molecule has 0 bridgehead atoms. The Kier molecular flexibility index (Phi) is 4.18. The lowest BCUT2D eigenvalue weighted by Crippen LogP contribution is -2.61. The Morgan fingerprint density at radius 3 is 3.00 bits per heavy atom. The molecule has 0 spiro atoms. The van der Waals surface area contributed by atoms with Gasteiger partial charge in [-0.15, -0.1) is 0 Å². The molecule has 128 valence electrons. The van der Waals surface area contributed by atoms with Crippen molar-refractivity contribution in [2.24, 2.45) is 5.92 Å². The molecule has 2 aliphatic rings. The lowest BCUT2D eigenvalue weighted by atomic mass is 9.82. The molecule has 1 aliphatic heterocycles. The van der Waals surface area contributed by atoms with Gasteiger partial charge in [-0.1, -0.05) is 12.8 Å². The Bertz CT molecular complexity index is 760. The first-order chi connectivity index (χ1) is 11.7. The normalized spacial score (nSPS) is 27.2. The average Bonchev–Trinajstić information content (AvgIpc) is 2.93. The van der Waals surface area contributed by atoms with Crippen LogP contribution in [0.3, 0.4) is 0 Å². The van der Waals surface area contributed by atoms with Crippen molar-refractivity contribution >= 4 is 27.5 Å². The molecule has 6 heteroatoms. The number of likely N-dealkylation sites (tertiary alicyclic amines) is 1. The van der Waals surface area contributed by atoms with Gasteiger partial charge in [0, 0.05) is 29.9 Å². The zero-order valence-corrected chi connectivity index (χ0v) is 14.9. The third-order valence-corrected chi connectivity index (χ3v) is 6.36. The van der Waals surface area contributed by atoms with Gasteiger partial charge in [0.2, 0.25) is 0 Å². The van der Waals surface area contributed by atoms with E-state index < -0.39 is 0 Å². The SMILES string of the molecule is COc1ccc2c(C(=O)NC3CCCCC4C3CN4C)nsc2c1. The van der Waals surface area contributed by atoms with E-state index in [1.165, 1.54) is 30.8 Å². The number of hydrogen-bond donors (Lipinski definition) is 1. The van der Waals surface area contributed by atoms with Crippen LogP contribution in [-0.2, 0) is 0 Å². The molecule has 2 fully saturated rings. The molecule has 5 nitrogen and oxygen atoms in total. The number of aromatic nitrogens is 1. The number of carbonyl (C=O) groups is 1. The van der Waals surface area contributed by atoms with Crippen molar-refractivity contribution in [2.45, 2.75) is 37.8 Å². The number of rotatable bonds is 3. The van der Waals surface area contributed by atoms with Crippen molar-refractivity contribution in [3.05, 3.63) is 23.9 Å². The maximum absolute atomic E-state index is 12.8. The summed E-state index contributed by atoms with van der Waals surface area (Å²) in [6.45, 7) is 1.09. The van der Waals surface area contributed by atoms with Crippen LogP contribution in [0, 0.1) is 5.92 Å².